The molecule has 0 radical (unpaired) electrons. The normalized spacial score (nSPS) is 12.0. The highest BCUT2D eigenvalue weighted by atomic mass is 32.2. The SMILES string of the molecule is Cc1nnc(N[C@@H](Cc2ccc(NS(=O)(=O)O)cc2)c2csc(-c3ccccc3)n2)s1.Cc1nnc(N[C@@H](Cc2ccc([N+](=O)[O-])cc2)c2csc(-c3ccccc3)n2)s1.Cc1nnc(N[C@@H](Cc2ccc([N+](=O)[O-])cc2)c2csc(-c3ccccc3)n2)s1.O=[N+]([O-])c1ccc(C[C@H](N=C=S)c2csc(-c3ccccc3)n2)cc1. The highest BCUT2D eigenvalue weighted by Crippen LogP contribution is 2.36. The number of thiazole rings is 4. The van der Waals surface area contributed by atoms with Crippen LogP contribution in [0.25, 0.3) is 42.3 Å². The number of isothiocyanates is 1. The van der Waals surface area contributed by atoms with Crippen molar-refractivity contribution in [1.29, 1.82) is 0 Å². The van der Waals surface area contributed by atoms with Gasteiger partial charge >= 0.3 is 10.3 Å². The van der Waals surface area contributed by atoms with Crippen molar-refractivity contribution >= 4 is 145 Å². The minimum atomic E-state index is -4.30. The van der Waals surface area contributed by atoms with Crippen molar-refractivity contribution in [1.82, 2.24) is 50.5 Å². The molecule has 0 amide bonds. The van der Waals surface area contributed by atoms with E-state index >= 15 is 0 Å². The van der Waals surface area contributed by atoms with E-state index in [-0.39, 0.29) is 46.9 Å². The fraction of sp³-hybridized carbons (Fsp3) is 0.141. The van der Waals surface area contributed by atoms with Crippen molar-refractivity contribution in [3.63, 3.8) is 0 Å². The molecule has 4 atom stereocenters. The molecule has 0 aliphatic carbocycles. The van der Waals surface area contributed by atoms with Crippen LogP contribution >= 0.6 is 91.6 Å². The number of non-ortho nitro benzene ring substituents is 3. The highest BCUT2D eigenvalue weighted by Gasteiger charge is 2.24. The van der Waals surface area contributed by atoms with Gasteiger partial charge in [0.05, 0.1) is 66.5 Å². The Morgan fingerprint density at radius 2 is 0.675 bits per heavy atom. The first kappa shape index (κ1) is 81.6. The van der Waals surface area contributed by atoms with Gasteiger partial charge in [0.1, 0.15) is 41.1 Å². The summed E-state index contributed by atoms with van der Waals surface area (Å²) < 4.78 is 32.9. The van der Waals surface area contributed by atoms with Crippen LogP contribution in [0.1, 0.15) is 84.2 Å². The second-order valence-corrected chi connectivity index (χ2v) is 33.2. The summed E-state index contributed by atoms with van der Waals surface area (Å²) in [7, 11) is -4.30. The number of aromatic nitrogens is 10. The van der Waals surface area contributed by atoms with Gasteiger partial charge in [-0.3, -0.25) is 39.6 Å². The van der Waals surface area contributed by atoms with Gasteiger partial charge in [-0.1, -0.05) is 204 Å². The third-order valence-electron chi connectivity index (χ3n) is 16.7. The van der Waals surface area contributed by atoms with Crippen molar-refractivity contribution in [2.75, 3.05) is 20.7 Å². The first-order valence-electron chi connectivity index (χ1n) is 34.5. The number of nitro benzene ring substituents is 3. The van der Waals surface area contributed by atoms with Gasteiger partial charge in [0.2, 0.25) is 15.4 Å². The maximum atomic E-state index is 11.0. The summed E-state index contributed by atoms with van der Waals surface area (Å²) in [5.41, 5.74) is 12.1. The Morgan fingerprint density at radius 3 is 0.939 bits per heavy atom. The summed E-state index contributed by atoms with van der Waals surface area (Å²) >= 11 is 15.5. The summed E-state index contributed by atoms with van der Waals surface area (Å²) in [6, 6.07) is 65.8. The van der Waals surface area contributed by atoms with Crippen molar-refractivity contribution in [2.24, 2.45) is 4.99 Å². The molecule has 0 spiro atoms. The second kappa shape index (κ2) is 39.5. The molecular formula is C78H66N18O9S9. The number of nitro groups is 3. The fourth-order valence-electron chi connectivity index (χ4n) is 11.2. The molecule has 0 aliphatic rings. The van der Waals surface area contributed by atoms with Crippen LogP contribution in [0.5, 0.6) is 0 Å². The van der Waals surface area contributed by atoms with Crippen molar-refractivity contribution < 1.29 is 27.7 Å². The van der Waals surface area contributed by atoms with E-state index in [0.717, 1.165) is 113 Å². The Kier molecular flexibility index (Phi) is 28.3. The molecule has 576 valence electrons. The van der Waals surface area contributed by atoms with Crippen molar-refractivity contribution in [2.45, 2.75) is 70.6 Å². The number of thiocarbonyl (C=S) groups is 1. The molecule has 5 N–H and O–H groups in total. The molecule has 0 aliphatic heterocycles. The maximum Gasteiger partial charge on any atom is 0.357 e. The zero-order valence-electron chi connectivity index (χ0n) is 60.4. The molecule has 27 nitrogen and oxygen atoms in total. The lowest BCUT2D eigenvalue weighted by molar-refractivity contribution is -0.385. The second-order valence-electron chi connectivity index (χ2n) is 24.8. The van der Waals surface area contributed by atoms with E-state index in [1.807, 2.05) is 168 Å². The third-order valence-corrected chi connectivity index (χ3v) is 23.2. The van der Waals surface area contributed by atoms with Crippen LogP contribution in [0.2, 0.25) is 0 Å². The number of aliphatic imine (C=N–C) groups is 1. The van der Waals surface area contributed by atoms with Crippen LogP contribution in [-0.2, 0) is 36.0 Å². The number of benzene rings is 8. The Morgan fingerprint density at radius 1 is 0.404 bits per heavy atom. The van der Waals surface area contributed by atoms with E-state index in [0.29, 0.717) is 30.8 Å². The Balaban J connectivity index is 0.000000141. The summed E-state index contributed by atoms with van der Waals surface area (Å²) in [6.45, 7) is 5.71. The lowest BCUT2D eigenvalue weighted by Crippen LogP contribution is -2.14. The lowest BCUT2D eigenvalue weighted by atomic mass is 10.0. The third kappa shape index (κ3) is 23.8. The average Bonchev–Trinajstić information content (AvgIpc) is 1.75. The number of hydrogen-bond acceptors (Lipinski definition) is 30. The zero-order valence-corrected chi connectivity index (χ0v) is 67.7. The molecule has 36 heteroatoms. The number of nitrogens with one attached hydrogen (secondary N) is 4. The van der Waals surface area contributed by atoms with Gasteiger partial charge in [-0.15, -0.1) is 75.9 Å². The van der Waals surface area contributed by atoms with Crippen molar-refractivity contribution in [3.05, 3.63) is 330 Å². The van der Waals surface area contributed by atoms with Crippen LogP contribution in [0.4, 0.5) is 38.1 Å². The predicted molar refractivity (Wildman–Crippen MR) is 457 cm³/mol. The molecule has 0 saturated heterocycles. The van der Waals surface area contributed by atoms with Crippen LogP contribution in [0, 0.1) is 51.1 Å². The van der Waals surface area contributed by atoms with E-state index in [1.54, 1.807) is 106 Å². The fourth-order valence-corrected chi connectivity index (χ4v) is 17.2. The number of anilines is 4. The predicted octanol–water partition coefficient (Wildman–Crippen LogP) is 20.2. The van der Waals surface area contributed by atoms with Crippen LogP contribution in [-0.4, -0.2) is 83.4 Å². The van der Waals surface area contributed by atoms with Crippen molar-refractivity contribution in [3.8, 4) is 42.3 Å². The molecule has 0 bridgehead atoms. The summed E-state index contributed by atoms with van der Waals surface area (Å²) in [5.74, 6) is 0. The Bertz CT molecular complexity index is 5640. The quantitative estimate of drug-likeness (QED) is 0.00999. The number of rotatable bonds is 28. The molecule has 114 heavy (non-hydrogen) atoms. The molecular weight excluding hydrogens is 1620 g/mol. The number of hydrogen-bond donors (Lipinski definition) is 5. The summed E-state index contributed by atoms with van der Waals surface area (Å²) in [4.78, 5) is 54.8. The zero-order chi connectivity index (χ0) is 79.9. The standard InChI is InChI=1S/C20H19N5O3S3.2C20H17N5O2S2.C18H13N3O2S2/c1-13-23-24-20(30-13)22-17(11-14-7-9-16(10-8-14)25-31(26,27)28)18-12-29-19(21-18)15-5-3-2-4-6-15;2*1-13-23-24-20(29-13)22-17(11-14-7-9-16(10-8-14)25(26)27)18-12-28-19(21-18)15-5-3-2-4-6-15;22-21(23)15-8-6-13(7-9-15)10-16(19-12-24)17-11-25-18(20-17)14-4-2-1-3-5-14/h2-10,12,17,25H,11H2,1H3,(H,22,24)(H,26,27,28);2*2-10,12,17H,11H2,1H3,(H,22,24);1-9,11,16H,10H2/t3*17-;16-/m0000/s1. The van der Waals surface area contributed by atoms with E-state index < -0.39 is 25.1 Å². The summed E-state index contributed by atoms with van der Waals surface area (Å²) in [6.07, 6.45) is 2.39. The Labute approximate surface area is 686 Å². The van der Waals surface area contributed by atoms with Gasteiger partial charge in [-0.2, -0.15) is 8.42 Å². The van der Waals surface area contributed by atoms with E-state index in [2.05, 4.69) is 61.7 Å². The van der Waals surface area contributed by atoms with Crippen LogP contribution in [0.3, 0.4) is 0 Å². The van der Waals surface area contributed by atoms with Gasteiger partial charge in [-0.05, 0) is 86.6 Å². The monoisotopic (exact) mass is 1690 g/mol. The smallest absolute Gasteiger partial charge is 0.351 e. The van der Waals surface area contributed by atoms with Gasteiger partial charge < -0.3 is 16.0 Å². The molecule has 0 unspecified atom stereocenters. The van der Waals surface area contributed by atoms with E-state index in [4.69, 9.17) is 31.7 Å². The topological polar surface area (TPSA) is 373 Å². The van der Waals surface area contributed by atoms with Gasteiger partial charge in [0.25, 0.3) is 17.1 Å². The van der Waals surface area contributed by atoms with Gasteiger partial charge in [0, 0.05) is 86.6 Å². The van der Waals surface area contributed by atoms with Crippen LogP contribution < -0.4 is 20.7 Å². The first-order chi connectivity index (χ1) is 55.2. The Hall–Kier alpha value is -11.9. The summed E-state index contributed by atoms with van der Waals surface area (Å²) in [5, 5.41) is 86.6. The number of aryl methyl sites for hydroxylation is 3. The first-order valence-corrected chi connectivity index (χ1v) is 42.4. The molecule has 7 heterocycles. The van der Waals surface area contributed by atoms with Gasteiger partial charge in [0.15, 0.2) is 0 Å². The maximum absolute atomic E-state index is 11.0. The lowest BCUT2D eigenvalue weighted by Gasteiger charge is -2.16. The van der Waals surface area contributed by atoms with Crippen LogP contribution in [0.15, 0.2) is 245 Å². The molecule has 15 rings (SSSR count). The molecule has 0 fully saturated rings. The number of nitrogens with zero attached hydrogens (tertiary/aromatic N) is 14. The molecule has 7 aromatic heterocycles. The molecule has 0 saturated carbocycles. The minimum absolute atomic E-state index is 0.0682. The van der Waals surface area contributed by atoms with E-state index in [9.17, 15) is 38.8 Å². The largest absolute Gasteiger partial charge is 0.357 e. The average molecular weight is 1690 g/mol. The minimum Gasteiger partial charge on any atom is -0.351 e. The molecule has 8 aromatic carbocycles. The van der Waals surface area contributed by atoms with Gasteiger partial charge in [-0.25, -0.2) is 24.9 Å². The molecule has 15 aromatic rings. The highest BCUT2D eigenvalue weighted by molar-refractivity contribution is 7.87. The van der Waals surface area contributed by atoms with E-state index in [1.165, 1.54) is 70.4 Å².